The lowest BCUT2D eigenvalue weighted by Gasteiger charge is -2.05. The van der Waals surface area contributed by atoms with Crippen molar-refractivity contribution in [2.24, 2.45) is 0 Å². The number of para-hydroxylation sites is 1. The van der Waals surface area contributed by atoms with Gasteiger partial charge in [0.2, 0.25) is 5.91 Å². The molecule has 5 heteroatoms. The molecule has 0 atom stereocenters. The lowest BCUT2D eigenvalue weighted by atomic mass is 10.2. The van der Waals surface area contributed by atoms with Gasteiger partial charge in [-0.05, 0) is 25.0 Å². The highest BCUT2D eigenvalue weighted by Crippen LogP contribution is 2.13. The van der Waals surface area contributed by atoms with Gasteiger partial charge in [-0.15, -0.1) is 0 Å². The number of aliphatic carboxylic acids is 1. The van der Waals surface area contributed by atoms with Crippen LogP contribution in [-0.2, 0) is 9.59 Å². The van der Waals surface area contributed by atoms with Crippen LogP contribution in [0.15, 0.2) is 24.3 Å². The maximum atomic E-state index is 13.2. The van der Waals surface area contributed by atoms with Gasteiger partial charge in [0.1, 0.15) is 5.82 Å². The molecule has 0 aromatic heterocycles. The summed E-state index contributed by atoms with van der Waals surface area (Å²) in [6.45, 7) is 0. The van der Waals surface area contributed by atoms with Gasteiger partial charge in [-0.1, -0.05) is 12.1 Å². The number of hydrogen-bond acceptors (Lipinski definition) is 2. The number of benzene rings is 1. The van der Waals surface area contributed by atoms with Gasteiger partial charge < -0.3 is 10.4 Å². The van der Waals surface area contributed by atoms with E-state index in [9.17, 15) is 14.0 Å². The van der Waals surface area contributed by atoms with E-state index in [0.29, 0.717) is 12.8 Å². The minimum Gasteiger partial charge on any atom is -0.481 e. The lowest BCUT2D eigenvalue weighted by Crippen LogP contribution is -2.12. The zero-order valence-corrected chi connectivity index (χ0v) is 9.28. The Morgan fingerprint density at radius 1 is 1.18 bits per heavy atom. The van der Waals surface area contributed by atoms with E-state index in [1.807, 2.05) is 0 Å². The second kappa shape index (κ2) is 6.62. The first-order valence-electron chi connectivity index (χ1n) is 5.36. The molecule has 0 aliphatic rings. The summed E-state index contributed by atoms with van der Waals surface area (Å²) in [5, 5.41) is 10.8. The van der Waals surface area contributed by atoms with Crippen LogP contribution < -0.4 is 5.32 Å². The number of amides is 1. The molecule has 0 bridgehead atoms. The van der Waals surface area contributed by atoms with E-state index in [0.717, 1.165) is 0 Å². The van der Waals surface area contributed by atoms with Gasteiger partial charge in [0.05, 0.1) is 5.69 Å². The number of unbranched alkanes of at least 4 members (excludes halogenated alkanes) is 1. The molecule has 0 saturated heterocycles. The van der Waals surface area contributed by atoms with Crippen LogP contribution in [0.1, 0.15) is 25.7 Å². The van der Waals surface area contributed by atoms with Crippen molar-refractivity contribution in [3.05, 3.63) is 30.1 Å². The highest BCUT2D eigenvalue weighted by Gasteiger charge is 2.06. The summed E-state index contributed by atoms with van der Waals surface area (Å²) >= 11 is 0. The molecule has 17 heavy (non-hydrogen) atoms. The van der Waals surface area contributed by atoms with Crippen molar-refractivity contribution >= 4 is 17.6 Å². The molecule has 0 radical (unpaired) electrons. The van der Waals surface area contributed by atoms with Crippen LogP contribution >= 0.6 is 0 Å². The van der Waals surface area contributed by atoms with Crippen LogP contribution in [0, 0.1) is 5.82 Å². The number of carbonyl (C=O) groups excluding carboxylic acids is 1. The van der Waals surface area contributed by atoms with Crippen molar-refractivity contribution in [1.29, 1.82) is 0 Å². The normalized spacial score (nSPS) is 9.94. The van der Waals surface area contributed by atoms with Gasteiger partial charge in [0, 0.05) is 12.8 Å². The second-order valence-corrected chi connectivity index (χ2v) is 3.63. The zero-order valence-electron chi connectivity index (χ0n) is 9.28. The Bertz CT molecular complexity index is 406. The molecule has 0 fully saturated rings. The summed E-state index contributed by atoms with van der Waals surface area (Å²) in [4.78, 5) is 21.6. The van der Waals surface area contributed by atoms with Crippen molar-refractivity contribution in [1.82, 2.24) is 0 Å². The third kappa shape index (κ3) is 5.10. The summed E-state index contributed by atoms with van der Waals surface area (Å²) in [7, 11) is 0. The molecule has 1 rings (SSSR count). The molecule has 0 aliphatic carbocycles. The minimum absolute atomic E-state index is 0.0486. The van der Waals surface area contributed by atoms with E-state index in [4.69, 9.17) is 5.11 Å². The Morgan fingerprint density at radius 2 is 1.82 bits per heavy atom. The smallest absolute Gasteiger partial charge is 0.303 e. The molecule has 4 nitrogen and oxygen atoms in total. The summed E-state index contributed by atoms with van der Waals surface area (Å²) in [5.41, 5.74) is 0.149. The first-order chi connectivity index (χ1) is 8.09. The quantitative estimate of drug-likeness (QED) is 0.749. The molecule has 1 aromatic carbocycles. The number of carboxylic acid groups (broad SMARTS) is 1. The number of carbonyl (C=O) groups is 2. The fourth-order valence-corrected chi connectivity index (χ4v) is 1.34. The largest absolute Gasteiger partial charge is 0.481 e. The first kappa shape index (κ1) is 13.2. The average Bonchev–Trinajstić information content (AvgIpc) is 2.27. The number of anilines is 1. The number of rotatable bonds is 6. The van der Waals surface area contributed by atoms with Crippen molar-refractivity contribution < 1.29 is 19.1 Å². The molecule has 0 spiro atoms. The minimum atomic E-state index is -0.875. The van der Waals surface area contributed by atoms with Gasteiger partial charge in [0.25, 0.3) is 0 Å². The molecular weight excluding hydrogens is 225 g/mol. The van der Waals surface area contributed by atoms with Gasteiger partial charge >= 0.3 is 5.97 Å². The first-order valence-corrected chi connectivity index (χ1v) is 5.36. The van der Waals surface area contributed by atoms with Crippen molar-refractivity contribution in [2.45, 2.75) is 25.7 Å². The molecule has 1 amide bonds. The van der Waals surface area contributed by atoms with Crippen LogP contribution in [-0.4, -0.2) is 17.0 Å². The maximum Gasteiger partial charge on any atom is 0.303 e. The van der Waals surface area contributed by atoms with E-state index in [2.05, 4.69) is 5.32 Å². The Labute approximate surface area is 98.5 Å². The maximum absolute atomic E-state index is 13.2. The highest BCUT2D eigenvalue weighted by atomic mass is 19.1. The van der Waals surface area contributed by atoms with Gasteiger partial charge in [-0.3, -0.25) is 9.59 Å². The third-order valence-electron chi connectivity index (χ3n) is 2.19. The summed E-state index contributed by atoms with van der Waals surface area (Å²) < 4.78 is 13.2. The van der Waals surface area contributed by atoms with E-state index < -0.39 is 11.8 Å². The summed E-state index contributed by atoms with van der Waals surface area (Å²) in [5.74, 6) is -1.66. The van der Waals surface area contributed by atoms with Crippen LogP contribution in [0.4, 0.5) is 10.1 Å². The number of halogens is 1. The lowest BCUT2D eigenvalue weighted by molar-refractivity contribution is -0.137. The Hall–Kier alpha value is -1.91. The Balaban J connectivity index is 2.30. The SMILES string of the molecule is O=C(O)CCCCC(=O)Nc1ccccc1F. The number of carboxylic acids is 1. The summed E-state index contributed by atoms with van der Waals surface area (Å²) in [6.07, 6.45) is 1.17. The predicted octanol–water partition coefficient (Wildman–Crippen LogP) is 2.41. The molecule has 92 valence electrons. The molecule has 0 aliphatic heterocycles. The Morgan fingerprint density at radius 3 is 2.47 bits per heavy atom. The fourth-order valence-electron chi connectivity index (χ4n) is 1.34. The molecule has 0 saturated carbocycles. The van der Waals surface area contributed by atoms with Crippen molar-refractivity contribution in [3.8, 4) is 0 Å². The number of nitrogens with one attached hydrogen (secondary N) is 1. The van der Waals surface area contributed by atoms with Gasteiger partial charge in [-0.2, -0.15) is 0 Å². The molecular formula is C12H14FNO3. The Kier molecular flexibility index (Phi) is 5.13. The molecule has 1 aromatic rings. The second-order valence-electron chi connectivity index (χ2n) is 3.63. The monoisotopic (exact) mass is 239 g/mol. The predicted molar refractivity (Wildman–Crippen MR) is 61.1 cm³/mol. The van der Waals surface area contributed by atoms with E-state index >= 15 is 0 Å². The van der Waals surface area contributed by atoms with Gasteiger partial charge in [-0.25, -0.2) is 4.39 Å². The number of hydrogen-bond donors (Lipinski definition) is 2. The highest BCUT2D eigenvalue weighted by molar-refractivity contribution is 5.90. The fraction of sp³-hybridized carbons (Fsp3) is 0.333. The third-order valence-corrected chi connectivity index (χ3v) is 2.19. The zero-order chi connectivity index (χ0) is 12.7. The van der Waals surface area contributed by atoms with E-state index in [-0.39, 0.29) is 24.4 Å². The van der Waals surface area contributed by atoms with Gasteiger partial charge in [0.15, 0.2) is 0 Å². The van der Waals surface area contributed by atoms with E-state index in [1.54, 1.807) is 6.07 Å². The average molecular weight is 239 g/mol. The van der Waals surface area contributed by atoms with Crippen LogP contribution in [0.25, 0.3) is 0 Å². The van der Waals surface area contributed by atoms with Crippen LogP contribution in [0.2, 0.25) is 0 Å². The van der Waals surface area contributed by atoms with Crippen molar-refractivity contribution in [2.75, 3.05) is 5.32 Å². The van der Waals surface area contributed by atoms with E-state index in [1.165, 1.54) is 18.2 Å². The van der Waals surface area contributed by atoms with Crippen LogP contribution in [0.3, 0.4) is 0 Å². The standard InChI is InChI=1S/C12H14FNO3/c13-9-5-1-2-6-10(9)14-11(15)7-3-4-8-12(16)17/h1-2,5-6H,3-4,7-8H2,(H,14,15)(H,16,17). The summed E-state index contributed by atoms with van der Waals surface area (Å²) in [6, 6.07) is 5.91. The molecule has 0 heterocycles. The van der Waals surface area contributed by atoms with Crippen molar-refractivity contribution in [3.63, 3.8) is 0 Å². The molecule has 0 unspecified atom stereocenters. The molecule has 2 N–H and O–H groups in total. The topological polar surface area (TPSA) is 66.4 Å². The van der Waals surface area contributed by atoms with Crippen LogP contribution in [0.5, 0.6) is 0 Å².